The van der Waals surface area contributed by atoms with E-state index in [9.17, 15) is 0 Å². The number of nitrogens with zero attached hydrogens (tertiary/aromatic N) is 7. The molecule has 11 rings (SSSR count). The fourth-order valence-corrected chi connectivity index (χ4v) is 8.11. The summed E-state index contributed by atoms with van der Waals surface area (Å²) in [5.41, 5.74) is 8.32. The highest BCUT2D eigenvalue weighted by Gasteiger charge is 2.17. The average Bonchev–Trinajstić information content (AvgIpc) is 4.00. The third-order valence-electron chi connectivity index (χ3n) is 10.0. The maximum Gasteiger partial charge on any atom is 0.159 e. The van der Waals surface area contributed by atoms with Crippen molar-refractivity contribution in [1.82, 2.24) is 34.1 Å². The van der Waals surface area contributed by atoms with Crippen molar-refractivity contribution < 1.29 is 9.47 Å². The van der Waals surface area contributed by atoms with Crippen LogP contribution < -0.4 is 9.47 Å². The van der Waals surface area contributed by atoms with Crippen LogP contribution in [-0.4, -0.2) is 34.1 Å². The Morgan fingerprint density at radius 2 is 0.947 bits per heavy atom. The fourth-order valence-electron chi connectivity index (χ4n) is 7.55. The molecular formula is C47H29N7O2S. The van der Waals surface area contributed by atoms with Gasteiger partial charge in [-0.25, -0.2) is 24.9 Å². The van der Waals surface area contributed by atoms with Gasteiger partial charge in [0.05, 0.1) is 33.3 Å². The summed E-state index contributed by atoms with van der Waals surface area (Å²) in [6.07, 6.45) is 7.20. The summed E-state index contributed by atoms with van der Waals surface area (Å²) in [5.74, 6) is 4.64. The highest BCUT2D eigenvalue weighted by atomic mass is 32.1. The van der Waals surface area contributed by atoms with Crippen LogP contribution in [0.5, 0.6) is 23.0 Å². The van der Waals surface area contributed by atoms with Crippen LogP contribution in [0.25, 0.3) is 77.9 Å². The number of pyridine rings is 2. The highest BCUT2D eigenvalue weighted by Crippen LogP contribution is 2.39. The normalized spacial score (nSPS) is 11.5. The molecule has 0 atom stereocenters. The Bertz CT molecular complexity index is 3060. The van der Waals surface area contributed by atoms with Gasteiger partial charge in [0, 0.05) is 81.0 Å². The highest BCUT2D eigenvalue weighted by molar-refractivity contribution is 7.07. The molecule has 5 aromatic carbocycles. The second-order valence-corrected chi connectivity index (χ2v) is 14.2. The summed E-state index contributed by atoms with van der Waals surface area (Å²) in [6, 6.07) is 46.7. The molecule has 0 N–H and O–H groups in total. The number of benzene rings is 5. The molecule has 10 heteroatoms. The zero-order valence-electron chi connectivity index (χ0n) is 30.1. The first-order chi connectivity index (χ1) is 28.2. The maximum absolute atomic E-state index is 6.69. The summed E-state index contributed by atoms with van der Waals surface area (Å²) in [6.45, 7) is 0. The van der Waals surface area contributed by atoms with Crippen molar-refractivity contribution in [2.24, 2.45) is 0 Å². The van der Waals surface area contributed by atoms with Crippen molar-refractivity contribution in [3.8, 4) is 57.3 Å². The zero-order chi connectivity index (χ0) is 37.7. The van der Waals surface area contributed by atoms with Crippen LogP contribution in [0.2, 0.25) is 0 Å². The van der Waals surface area contributed by atoms with E-state index < -0.39 is 0 Å². The Kier molecular flexibility index (Phi) is 7.78. The molecule has 0 amide bonds. The summed E-state index contributed by atoms with van der Waals surface area (Å²) < 4.78 is 17.7. The van der Waals surface area contributed by atoms with E-state index in [2.05, 4.69) is 74.8 Å². The Balaban J connectivity index is 1.02. The second-order valence-electron chi connectivity index (χ2n) is 13.5. The molecule has 0 aliphatic carbocycles. The van der Waals surface area contributed by atoms with Crippen molar-refractivity contribution in [3.05, 3.63) is 175 Å². The van der Waals surface area contributed by atoms with Crippen LogP contribution in [-0.2, 0) is 0 Å². The van der Waals surface area contributed by atoms with Crippen LogP contribution in [0.1, 0.15) is 0 Å². The first-order valence-corrected chi connectivity index (χ1v) is 19.3. The molecule has 0 spiro atoms. The SMILES string of the molecule is c1ccc(-n2c3ccccc3c3ccc(Oc4cc(Oc5ccc6c7ccccc7n(-c7ccccn7)c6c5)cc(-c5ncc(-c6cscn6)cn5)c4)cc32)nc1. The van der Waals surface area contributed by atoms with E-state index in [1.165, 1.54) is 11.3 Å². The lowest BCUT2D eigenvalue weighted by molar-refractivity contribution is 0.461. The van der Waals surface area contributed by atoms with Crippen LogP contribution in [0.4, 0.5) is 0 Å². The van der Waals surface area contributed by atoms with E-state index >= 15 is 0 Å². The van der Waals surface area contributed by atoms with Gasteiger partial charge >= 0.3 is 0 Å². The smallest absolute Gasteiger partial charge is 0.159 e. The number of fused-ring (bicyclic) bond motifs is 6. The predicted molar refractivity (Wildman–Crippen MR) is 226 cm³/mol. The monoisotopic (exact) mass is 755 g/mol. The molecular weight excluding hydrogens is 727 g/mol. The van der Waals surface area contributed by atoms with Gasteiger partial charge in [0.2, 0.25) is 0 Å². The van der Waals surface area contributed by atoms with Gasteiger partial charge < -0.3 is 9.47 Å². The van der Waals surface area contributed by atoms with Crippen LogP contribution >= 0.6 is 11.3 Å². The third-order valence-corrected chi connectivity index (χ3v) is 10.6. The molecule has 11 aromatic rings. The van der Waals surface area contributed by atoms with Crippen molar-refractivity contribution in [3.63, 3.8) is 0 Å². The number of aromatic nitrogens is 7. The number of rotatable bonds is 8. The van der Waals surface area contributed by atoms with Crippen molar-refractivity contribution in [1.29, 1.82) is 0 Å². The van der Waals surface area contributed by atoms with Gasteiger partial charge in [0.15, 0.2) is 5.82 Å². The minimum Gasteiger partial charge on any atom is -0.457 e. The largest absolute Gasteiger partial charge is 0.457 e. The Hall–Kier alpha value is -7.69. The molecule has 0 radical (unpaired) electrons. The lowest BCUT2D eigenvalue weighted by Gasteiger charge is -2.13. The zero-order valence-corrected chi connectivity index (χ0v) is 30.9. The number of para-hydroxylation sites is 2. The number of hydrogen-bond acceptors (Lipinski definition) is 8. The third kappa shape index (κ3) is 5.83. The minimum absolute atomic E-state index is 0.528. The maximum atomic E-state index is 6.69. The molecule has 0 bridgehead atoms. The second kappa shape index (κ2) is 13.6. The van der Waals surface area contributed by atoms with E-state index in [4.69, 9.17) is 29.4 Å². The molecule has 0 aliphatic heterocycles. The molecule has 6 heterocycles. The van der Waals surface area contributed by atoms with Crippen molar-refractivity contribution in [2.45, 2.75) is 0 Å². The van der Waals surface area contributed by atoms with E-state index in [0.29, 0.717) is 28.8 Å². The predicted octanol–water partition coefficient (Wildman–Crippen LogP) is 11.8. The van der Waals surface area contributed by atoms with E-state index in [1.54, 1.807) is 17.9 Å². The van der Waals surface area contributed by atoms with Crippen LogP contribution in [0.15, 0.2) is 175 Å². The summed E-state index contributed by atoms with van der Waals surface area (Å²) >= 11 is 1.53. The Labute approximate surface area is 329 Å². The van der Waals surface area contributed by atoms with Gasteiger partial charge in [0.1, 0.15) is 34.6 Å². The Morgan fingerprint density at radius 1 is 0.421 bits per heavy atom. The van der Waals surface area contributed by atoms with Gasteiger partial charge in [0.25, 0.3) is 0 Å². The minimum atomic E-state index is 0.528. The standard InChI is InChI=1S/C47H29N7O2S/c1-3-11-41-36(9-1)38-17-15-32(24-43(38)53(41)45-13-5-7-19-48-45)55-34-21-30(47-50-26-31(27-51-47)40-28-57-29-52-40)22-35(23-34)56-33-16-18-39-37-10-2-4-12-42(37)54(44(39)25-33)46-14-6-8-20-49-46/h1-29H. The van der Waals surface area contributed by atoms with Gasteiger partial charge in [-0.2, -0.15) is 0 Å². The Morgan fingerprint density at radius 3 is 1.46 bits per heavy atom. The van der Waals surface area contributed by atoms with Crippen LogP contribution in [0.3, 0.4) is 0 Å². The summed E-state index contributed by atoms with van der Waals surface area (Å²) in [5, 5.41) is 6.47. The molecule has 0 saturated carbocycles. The molecule has 6 aromatic heterocycles. The van der Waals surface area contributed by atoms with Crippen LogP contribution in [0, 0.1) is 0 Å². The molecule has 270 valence electrons. The van der Waals surface area contributed by atoms with E-state index in [-0.39, 0.29) is 0 Å². The lowest BCUT2D eigenvalue weighted by Crippen LogP contribution is -1.97. The number of hydrogen-bond donors (Lipinski definition) is 0. The molecule has 0 saturated heterocycles. The van der Waals surface area contributed by atoms with Crippen molar-refractivity contribution in [2.75, 3.05) is 0 Å². The summed E-state index contributed by atoms with van der Waals surface area (Å²) in [7, 11) is 0. The molecule has 57 heavy (non-hydrogen) atoms. The molecule has 9 nitrogen and oxygen atoms in total. The van der Waals surface area contributed by atoms with E-state index in [0.717, 1.165) is 72.1 Å². The lowest BCUT2D eigenvalue weighted by atomic mass is 10.1. The van der Waals surface area contributed by atoms with Crippen molar-refractivity contribution >= 4 is 54.9 Å². The summed E-state index contributed by atoms with van der Waals surface area (Å²) in [4.78, 5) is 23.3. The average molecular weight is 756 g/mol. The van der Waals surface area contributed by atoms with Gasteiger partial charge in [-0.05, 0) is 72.8 Å². The van der Waals surface area contributed by atoms with E-state index in [1.807, 2.05) is 96.6 Å². The number of thiazole rings is 1. The first kappa shape index (κ1) is 32.7. The fraction of sp³-hybridized carbons (Fsp3) is 0. The quantitative estimate of drug-likeness (QED) is 0.152. The first-order valence-electron chi connectivity index (χ1n) is 18.3. The van der Waals surface area contributed by atoms with Gasteiger partial charge in [-0.1, -0.05) is 48.5 Å². The molecule has 0 aliphatic rings. The molecule has 0 unspecified atom stereocenters. The number of ether oxygens (including phenoxy) is 2. The topological polar surface area (TPSA) is 92.8 Å². The van der Waals surface area contributed by atoms with Gasteiger partial charge in [-0.15, -0.1) is 11.3 Å². The van der Waals surface area contributed by atoms with Gasteiger partial charge in [-0.3, -0.25) is 9.13 Å². The molecule has 0 fully saturated rings.